The predicted molar refractivity (Wildman–Crippen MR) is 126 cm³/mol. The van der Waals surface area contributed by atoms with Crippen molar-refractivity contribution in [2.45, 2.75) is 23.6 Å². The van der Waals surface area contributed by atoms with E-state index in [1.165, 1.54) is 28.7 Å². The number of methoxy groups -OCH3 is 1. The van der Waals surface area contributed by atoms with Crippen molar-refractivity contribution in [3.63, 3.8) is 0 Å². The lowest BCUT2D eigenvalue weighted by Gasteiger charge is -2.06. The van der Waals surface area contributed by atoms with E-state index in [1.807, 2.05) is 41.8 Å². The Kier molecular flexibility index (Phi) is 8.93. The van der Waals surface area contributed by atoms with Crippen LogP contribution in [-0.2, 0) is 22.4 Å². The summed E-state index contributed by atoms with van der Waals surface area (Å²) in [5.74, 6) is 0.778. The van der Waals surface area contributed by atoms with Crippen LogP contribution in [0.15, 0.2) is 64.3 Å². The molecule has 2 amide bonds. The molecule has 0 saturated carbocycles. The van der Waals surface area contributed by atoms with Crippen LogP contribution in [0.4, 0.5) is 5.69 Å². The molecule has 1 heterocycles. The average molecular weight is 456 g/mol. The third kappa shape index (κ3) is 8.07. The maximum Gasteiger partial charge on any atom is 0.234 e. The number of anilines is 1. The second-order valence-corrected chi connectivity index (χ2v) is 8.87. The first-order valence-corrected chi connectivity index (χ1v) is 11.8. The van der Waals surface area contributed by atoms with E-state index in [2.05, 4.69) is 27.8 Å². The van der Waals surface area contributed by atoms with Crippen LogP contribution in [0.25, 0.3) is 0 Å². The zero-order valence-electron chi connectivity index (χ0n) is 17.3. The highest BCUT2D eigenvalue weighted by Gasteiger charge is 2.10. The molecule has 0 aliphatic carbocycles. The highest BCUT2D eigenvalue weighted by atomic mass is 32.2. The minimum absolute atomic E-state index is 0.0364. The Labute approximate surface area is 190 Å². The number of hydrogen-bond acceptors (Lipinski definition) is 6. The number of thiazole rings is 1. The van der Waals surface area contributed by atoms with Crippen LogP contribution >= 0.6 is 23.1 Å². The normalized spacial score (nSPS) is 10.5. The molecule has 6 nitrogen and oxygen atoms in total. The van der Waals surface area contributed by atoms with Crippen molar-refractivity contribution in [3.05, 3.63) is 71.2 Å². The number of benzene rings is 2. The number of hydrogen-bond donors (Lipinski definition) is 2. The fraction of sp³-hybridized carbons (Fsp3) is 0.261. The van der Waals surface area contributed by atoms with Crippen LogP contribution in [0.1, 0.15) is 17.7 Å². The van der Waals surface area contributed by atoms with Gasteiger partial charge in [0.1, 0.15) is 5.75 Å². The fourth-order valence-corrected chi connectivity index (χ4v) is 4.50. The van der Waals surface area contributed by atoms with E-state index in [0.717, 1.165) is 22.9 Å². The van der Waals surface area contributed by atoms with Crippen LogP contribution in [0.2, 0.25) is 0 Å². The molecule has 0 aliphatic rings. The van der Waals surface area contributed by atoms with Crippen molar-refractivity contribution < 1.29 is 14.3 Å². The smallest absolute Gasteiger partial charge is 0.234 e. The number of carbonyl (C=O) groups excluding carboxylic acids is 2. The molecule has 0 bridgehead atoms. The number of aromatic nitrogens is 1. The fourth-order valence-electron chi connectivity index (χ4n) is 2.85. The van der Waals surface area contributed by atoms with Gasteiger partial charge in [-0.25, -0.2) is 4.98 Å². The third-order valence-corrected chi connectivity index (χ3v) is 6.43. The number of carbonyl (C=O) groups is 2. The van der Waals surface area contributed by atoms with E-state index < -0.39 is 0 Å². The summed E-state index contributed by atoms with van der Waals surface area (Å²) in [6.45, 7) is 0.643. The summed E-state index contributed by atoms with van der Waals surface area (Å²) in [4.78, 5) is 28.7. The molecule has 0 spiro atoms. The van der Waals surface area contributed by atoms with Gasteiger partial charge >= 0.3 is 0 Å². The largest absolute Gasteiger partial charge is 0.497 e. The maximum atomic E-state index is 12.2. The Morgan fingerprint density at radius 3 is 2.74 bits per heavy atom. The molecule has 0 radical (unpaired) electrons. The summed E-state index contributed by atoms with van der Waals surface area (Å²) in [6, 6.07) is 17.4. The van der Waals surface area contributed by atoms with E-state index in [-0.39, 0.29) is 24.0 Å². The number of ether oxygens (including phenoxy) is 1. The lowest BCUT2D eigenvalue weighted by Crippen LogP contribution is -2.26. The van der Waals surface area contributed by atoms with Gasteiger partial charge in [0, 0.05) is 23.7 Å². The Balaban J connectivity index is 1.35. The summed E-state index contributed by atoms with van der Waals surface area (Å²) in [5, 5.41) is 7.65. The zero-order valence-corrected chi connectivity index (χ0v) is 18.9. The van der Waals surface area contributed by atoms with Gasteiger partial charge in [-0.1, -0.05) is 48.2 Å². The first kappa shape index (κ1) is 22.8. The van der Waals surface area contributed by atoms with Gasteiger partial charge in [-0.2, -0.15) is 0 Å². The van der Waals surface area contributed by atoms with E-state index in [0.29, 0.717) is 18.0 Å². The molecule has 3 aromatic rings. The van der Waals surface area contributed by atoms with Gasteiger partial charge in [0.15, 0.2) is 4.34 Å². The first-order valence-electron chi connectivity index (χ1n) is 9.94. The van der Waals surface area contributed by atoms with Crippen LogP contribution in [0.5, 0.6) is 5.75 Å². The molecule has 0 atom stereocenters. The van der Waals surface area contributed by atoms with Gasteiger partial charge in [-0.05, 0) is 30.5 Å². The van der Waals surface area contributed by atoms with Gasteiger partial charge in [-0.3, -0.25) is 9.59 Å². The van der Waals surface area contributed by atoms with Crippen molar-refractivity contribution in [2.24, 2.45) is 0 Å². The molecule has 0 saturated heterocycles. The molecule has 8 heteroatoms. The minimum atomic E-state index is -0.119. The second-order valence-electron chi connectivity index (χ2n) is 6.79. The highest BCUT2D eigenvalue weighted by molar-refractivity contribution is 8.01. The highest BCUT2D eigenvalue weighted by Crippen LogP contribution is 2.23. The maximum absolute atomic E-state index is 12.2. The number of rotatable bonds is 11. The van der Waals surface area contributed by atoms with E-state index in [1.54, 1.807) is 13.2 Å². The molecule has 3 rings (SSSR count). The second kappa shape index (κ2) is 12.1. The molecule has 31 heavy (non-hydrogen) atoms. The van der Waals surface area contributed by atoms with Crippen LogP contribution in [0, 0.1) is 0 Å². The van der Waals surface area contributed by atoms with Gasteiger partial charge in [0.05, 0.1) is 25.0 Å². The Hall–Kier alpha value is -2.84. The quantitative estimate of drug-likeness (QED) is 0.335. The molecule has 1 aromatic heterocycles. The van der Waals surface area contributed by atoms with Crippen molar-refractivity contribution in [3.8, 4) is 5.75 Å². The number of aryl methyl sites for hydroxylation is 1. The predicted octanol–water partition coefficient (Wildman–Crippen LogP) is 4.17. The van der Waals surface area contributed by atoms with Crippen LogP contribution in [0.3, 0.4) is 0 Å². The van der Waals surface area contributed by atoms with Gasteiger partial charge in [0.2, 0.25) is 11.8 Å². The molecule has 0 fully saturated rings. The summed E-state index contributed by atoms with van der Waals surface area (Å²) in [5.41, 5.74) is 2.68. The van der Waals surface area contributed by atoms with Crippen molar-refractivity contribution in [1.82, 2.24) is 10.3 Å². The Bertz CT molecular complexity index is 992. The number of nitrogens with zero attached hydrogens (tertiary/aromatic N) is 1. The molecule has 162 valence electrons. The topological polar surface area (TPSA) is 80.3 Å². The van der Waals surface area contributed by atoms with Crippen LogP contribution < -0.4 is 15.4 Å². The summed E-state index contributed by atoms with van der Waals surface area (Å²) in [6.07, 6.45) is 2.09. The number of nitrogens with one attached hydrogen (secondary N) is 2. The first-order chi connectivity index (χ1) is 15.1. The lowest BCUT2D eigenvalue weighted by atomic mass is 10.1. The SMILES string of the molecule is COc1cccc(NC(=O)CSc2nc(CC(=O)NCCCc3ccccc3)cs2)c1. The van der Waals surface area contributed by atoms with Gasteiger partial charge in [0.25, 0.3) is 0 Å². The molecular weight excluding hydrogens is 430 g/mol. The van der Waals surface area contributed by atoms with Crippen molar-refractivity contribution in [1.29, 1.82) is 0 Å². The average Bonchev–Trinajstić information content (AvgIpc) is 3.23. The molecule has 0 unspecified atom stereocenters. The third-order valence-electron chi connectivity index (χ3n) is 4.36. The van der Waals surface area contributed by atoms with Gasteiger partial charge < -0.3 is 15.4 Å². The zero-order chi connectivity index (χ0) is 21.9. The standard InChI is InChI=1S/C23H25N3O3S2/c1-29-20-11-5-10-18(13-20)25-22(28)16-31-23-26-19(15-30-23)14-21(27)24-12-6-9-17-7-3-2-4-8-17/h2-5,7-8,10-11,13,15H,6,9,12,14,16H2,1H3,(H,24,27)(H,25,28). The summed E-state index contributed by atoms with van der Waals surface area (Å²) in [7, 11) is 1.59. The molecule has 2 N–H and O–H groups in total. The van der Waals surface area contributed by atoms with Crippen LogP contribution in [-0.4, -0.2) is 36.2 Å². The summed E-state index contributed by atoms with van der Waals surface area (Å²) < 4.78 is 5.92. The molecule has 2 aromatic carbocycles. The molecular formula is C23H25N3O3S2. The van der Waals surface area contributed by atoms with Crippen molar-refractivity contribution >= 4 is 40.6 Å². The van der Waals surface area contributed by atoms with Gasteiger partial charge in [-0.15, -0.1) is 11.3 Å². The number of amides is 2. The van der Waals surface area contributed by atoms with E-state index in [4.69, 9.17) is 4.74 Å². The lowest BCUT2D eigenvalue weighted by molar-refractivity contribution is -0.120. The van der Waals surface area contributed by atoms with E-state index >= 15 is 0 Å². The molecule has 0 aliphatic heterocycles. The van der Waals surface area contributed by atoms with E-state index in [9.17, 15) is 9.59 Å². The monoisotopic (exact) mass is 455 g/mol. The Morgan fingerprint density at radius 2 is 1.94 bits per heavy atom. The Morgan fingerprint density at radius 1 is 1.10 bits per heavy atom. The van der Waals surface area contributed by atoms with Crippen molar-refractivity contribution in [2.75, 3.05) is 24.7 Å². The minimum Gasteiger partial charge on any atom is -0.497 e. The summed E-state index contributed by atoms with van der Waals surface area (Å²) >= 11 is 2.80. The number of thioether (sulfide) groups is 1.